The van der Waals surface area contributed by atoms with E-state index in [-0.39, 0.29) is 24.5 Å². The standard InChI is InChI=1S/C25H32N2O4/c1-4-23(28)27(17-20-8-5-6-10-22(20)30-3)24(19-13-11-18(2)12-14-19)25(29)26-16-21-9-7-15-31-21/h5-6,8,10-14,21,24H,4,7,9,15-17H2,1-3H3,(H,26,29). The van der Waals surface area contributed by atoms with Gasteiger partial charge >= 0.3 is 0 Å². The Labute approximate surface area is 184 Å². The lowest BCUT2D eigenvalue weighted by Gasteiger charge is -2.32. The van der Waals surface area contributed by atoms with Crippen LogP contribution in [0.4, 0.5) is 0 Å². The minimum atomic E-state index is -0.737. The summed E-state index contributed by atoms with van der Waals surface area (Å²) in [5, 5.41) is 3.02. The fourth-order valence-corrected chi connectivity index (χ4v) is 3.88. The first kappa shape index (κ1) is 22.8. The van der Waals surface area contributed by atoms with E-state index in [1.54, 1.807) is 12.0 Å². The van der Waals surface area contributed by atoms with E-state index in [0.29, 0.717) is 18.7 Å². The molecular formula is C25H32N2O4. The molecule has 0 bridgehead atoms. The third kappa shape index (κ3) is 5.85. The highest BCUT2D eigenvalue weighted by molar-refractivity contribution is 5.88. The molecule has 6 heteroatoms. The van der Waals surface area contributed by atoms with Crippen LogP contribution in [0, 0.1) is 6.92 Å². The van der Waals surface area contributed by atoms with Crippen LogP contribution in [0.1, 0.15) is 48.9 Å². The zero-order chi connectivity index (χ0) is 22.2. The molecule has 166 valence electrons. The molecule has 1 heterocycles. The predicted molar refractivity (Wildman–Crippen MR) is 120 cm³/mol. The summed E-state index contributed by atoms with van der Waals surface area (Å²) in [4.78, 5) is 28.1. The monoisotopic (exact) mass is 424 g/mol. The maximum Gasteiger partial charge on any atom is 0.247 e. The number of nitrogens with zero attached hydrogens (tertiary/aromatic N) is 1. The van der Waals surface area contributed by atoms with Gasteiger partial charge in [0.1, 0.15) is 11.8 Å². The molecule has 1 aliphatic rings. The zero-order valence-electron chi connectivity index (χ0n) is 18.6. The van der Waals surface area contributed by atoms with Crippen molar-refractivity contribution in [2.45, 2.75) is 51.8 Å². The van der Waals surface area contributed by atoms with E-state index < -0.39 is 6.04 Å². The summed E-state index contributed by atoms with van der Waals surface area (Å²) in [6.07, 6.45) is 2.29. The first-order valence-electron chi connectivity index (χ1n) is 10.9. The minimum absolute atomic E-state index is 0.0344. The number of carbonyl (C=O) groups excluding carboxylic acids is 2. The van der Waals surface area contributed by atoms with Crippen LogP contribution in [0.3, 0.4) is 0 Å². The molecule has 2 aromatic rings. The van der Waals surface area contributed by atoms with Crippen LogP contribution in [0.2, 0.25) is 0 Å². The van der Waals surface area contributed by atoms with Crippen molar-refractivity contribution in [1.29, 1.82) is 0 Å². The summed E-state index contributed by atoms with van der Waals surface area (Å²) in [5.41, 5.74) is 2.74. The predicted octanol–water partition coefficient (Wildman–Crippen LogP) is 3.78. The number of carbonyl (C=O) groups is 2. The highest BCUT2D eigenvalue weighted by atomic mass is 16.5. The second-order valence-electron chi connectivity index (χ2n) is 7.88. The Hall–Kier alpha value is -2.86. The lowest BCUT2D eigenvalue weighted by atomic mass is 10.0. The van der Waals surface area contributed by atoms with Crippen LogP contribution in [-0.2, 0) is 20.9 Å². The summed E-state index contributed by atoms with van der Waals surface area (Å²) >= 11 is 0. The number of rotatable bonds is 9. The maximum atomic E-state index is 13.4. The molecule has 2 aromatic carbocycles. The Morgan fingerprint density at radius 3 is 2.58 bits per heavy atom. The largest absolute Gasteiger partial charge is 0.496 e. The number of ether oxygens (including phenoxy) is 2. The van der Waals surface area contributed by atoms with E-state index >= 15 is 0 Å². The Kier molecular flexibility index (Phi) is 8.06. The molecule has 0 aliphatic carbocycles. The van der Waals surface area contributed by atoms with E-state index in [1.165, 1.54) is 0 Å². The second-order valence-corrected chi connectivity index (χ2v) is 7.88. The van der Waals surface area contributed by atoms with Crippen molar-refractivity contribution in [3.05, 3.63) is 65.2 Å². The third-order valence-corrected chi connectivity index (χ3v) is 5.64. The van der Waals surface area contributed by atoms with Gasteiger partial charge < -0.3 is 19.7 Å². The van der Waals surface area contributed by atoms with E-state index in [1.807, 2.05) is 62.4 Å². The highest BCUT2D eigenvalue weighted by Crippen LogP contribution is 2.28. The van der Waals surface area contributed by atoms with Crippen molar-refractivity contribution >= 4 is 11.8 Å². The topological polar surface area (TPSA) is 67.9 Å². The number of para-hydroxylation sites is 1. The summed E-state index contributed by atoms with van der Waals surface area (Å²) in [7, 11) is 1.61. The first-order chi connectivity index (χ1) is 15.0. The average molecular weight is 425 g/mol. The van der Waals surface area contributed by atoms with Gasteiger partial charge in [-0.25, -0.2) is 0 Å². The van der Waals surface area contributed by atoms with E-state index in [0.717, 1.165) is 36.1 Å². The number of nitrogens with one attached hydrogen (secondary N) is 1. The lowest BCUT2D eigenvalue weighted by molar-refractivity contribution is -0.141. The number of benzene rings is 2. The molecule has 1 aliphatic heterocycles. The summed E-state index contributed by atoms with van der Waals surface area (Å²) < 4.78 is 11.1. The Morgan fingerprint density at radius 2 is 1.94 bits per heavy atom. The summed E-state index contributed by atoms with van der Waals surface area (Å²) in [5.74, 6) is 0.402. The van der Waals surface area contributed by atoms with Gasteiger partial charge in [-0.2, -0.15) is 0 Å². The molecule has 1 fully saturated rings. The van der Waals surface area contributed by atoms with Gasteiger partial charge in [-0.1, -0.05) is 55.0 Å². The number of hydrogen-bond donors (Lipinski definition) is 1. The SMILES string of the molecule is CCC(=O)N(Cc1ccccc1OC)C(C(=O)NCC1CCCO1)c1ccc(C)cc1. The molecule has 1 saturated heterocycles. The van der Waals surface area contributed by atoms with Crippen LogP contribution in [0.25, 0.3) is 0 Å². The van der Waals surface area contributed by atoms with Crippen molar-refractivity contribution in [2.75, 3.05) is 20.3 Å². The third-order valence-electron chi connectivity index (χ3n) is 5.64. The highest BCUT2D eigenvalue weighted by Gasteiger charge is 2.32. The van der Waals surface area contributed by atoms with E-state index in [9.17, 15) is 9.59 Å². The smallest absolute Gasteiger partial charge is 0.247 e. The van der Waals surface area contributed by atoms with Crippen molar-refractivity contribution in [3.63, 3.8) is 0 Å². The molecular weight excluding hydrogens is 392 g/mol. The fraction of sp³-hybridized carbons (Fsp3) is 0.440. The summed E-state index contributed by atoms with van der Waals surface area (Å²) in [6, 6.07) is 14.6. The van der Waals surface area contributed by atoms with Gasteiger partial charge in [0.05, 0.1) is 19.8 Å². The molecule has 31 heavy (non-hydrogen) atoms. The van der Waals surface area contributed by atoms with Crippen molar-refractivity contribution in [1.82, 2.24) is 10.2 Å². The molecule has 3 rings (SSSR count). The van der Waals surface area contributed by atoms with Crippen molar-refractivity contribution in [2.24, 2.45) is 0 Å². The zero-order valence-corrected chi connectivity index (χ0v) is 18.6. The number of amides is 2. The normalized spacial score (nSPS) is 16.5. The first-order valence-corrected chi connectivity index (χ1v) is 10.9. The van der Waals surface area contributed by atoms with Crippen LogP contribution in [-0.4, -0.2) is 43.1 Å². The van der Waals surface area contributed by atoms with Gasteiger partial charge in [0.2, 0.25) is 11.8 Å². The Morgan fingerprint density at radius 1 is 1.19 bits per heavy atom. The number of aryl methyl sites for hydroxylation is 1. The lowest BCUT2D eigenvalue weighted by Crippen LogP contribution is -2.45. The molecule has 0 aromatic heterocycles. The van der Waals surface area contributed by atoms with Gasteiger partial charge in [0, 0.05) is 25.1 Å². The molecule has 0 radical (unpaired) electrons. The number of hydrogen-bond acceptors (Lipinski definition) is 4. The van der Waals surface area contributed by atoms with Crippen LogP contribution < -0.4 is 10.1 Å². The fourth-order valence-electron chi connectivity index (χ4n) is 3.88. The minimum Gasteiger partial charge on any atom is -0.496 e. The molecule has 2 atom stereocenters. The van der Waals surface area contributed by atoms with Gasteiger partial charge in [0.15, 0.2) is 0 Å². The number of methoxy groups -OCH3 is 1. The van der Waals surface area contributed by atoms with Gasteiger partial charge in [-0.05, 0) is 31.4 Å². The molecule has 6 nitrogen and oxygen atoms in total. The van der Waals surface area contributed by atoms with Gasteiger partial charge in [-0.3, -0.25) is 9.59 Å². The van der Waals surface area contributed by atoms with E-state index in [2.05, 4.69) is 5.32 Å². The molecule has 0 spiro atoms. The molecule has 0 saturated carbocycles. The van der Waals surface area contributed by atoms with Crippen LogP contribution in [0.15, 0.2) is 48.5 Å². The quantitative estimate of drug-likeness (QED) is 0.665. The maximum absolute atomic E-state index is 13.4. The summed E-state index contributed by atoms with van der Waals surface area (Å²) in [6.45, 7) is 5.27. The molecule has 2 unspecified atom stereocenters. The van der Waals surface area contributed by atoms with Crippen molar-refractivity contribution < 1.29 is 19.1 Å². The van der Waals surface area contributed by atoms with Crippen LogP contribution >= 0.6 is 0 Å². The Bertz CT molecular complexity index is 875. The average Bonchev–Trinajstić information content (AvgIpc) is 3.32. The Balaban J connectivity index is 1.92. The van der Waals surface area contributed by atoms with Gasteiger partial charge in [0.25, 0.3) is 0 Å². The second kappa shape index (κ2) is 11.0. The van der Waals surface area contributed by atoms with Crippen molar-refractivity contribution in [3.8, 4) is 5.75 Å². The van der Waals surface area contributed by atoms with E-state index in [4.69, 9.17) is 9.47 Å². The van der Waals surface area contributed by atoms with Gasteiger partial charge in [-0.15, -0.1) is 0 Å². The molecule has 1 N–H and O–H groups in total. The molecule has 2 amide bonds. The van der Waals surface area contributed by atoms with Crippen LogP contribution in [0.5, 0.6) is 5.75 Å².